The van der Waals surface area contributed by atoms with Crippen molar-refractivity contribution in [3.8, 4) is 11.5 Å². The van der Waals surface area contributed by atoms with E-state index in [1.807, 2.05) is 0 Å². The number of hydrogen-bond acceptors (Lipinski definition) is 5. The number of carbonyl (C=O) groups is 1. The molecule has 0 saturated heterocycles. The Balaban J connectivity index is 2.29. The van der Waals surface area contributed by atoms with E-state index in [0.717, 1.165) is 5.56 Å². The second-order valence-electron chi connectivity index (χ2n) is 5.88. The fourth-order valence-corrected chi connectivity index (χ4v) is 4.68. The molecule has 0 atom stereocenters. The number of hydrogen-bond donors (Lipinski definition) is 2. The molecule has 3 rings (SSSR count). The van der Waals surface area contributed by atoms with Gasteiger partial charge in [0, 0.05) is 27.5 Å². The summed E-state index contributed by atoms with van der Waals surface area (Å²) in [6.45, 7) is 3.63. The second-order valence-corrected chi connectivity index (χ2v) is 7.77. The average molecular weight is 347 g/mol. The highest BCUT2D eigenvalue weighted by Gasteiger charge is 2.26. The number of fused-ring (bicyclic) bond motifs is 2. The lowest BCUT2D eigenvalue weighted by atomic mass is 10.1. The maximum absolute atomic E-state index is 13.0. The van der Waals surface area contributed by atoms with E-state index in [1.165, 1.54) is 6.07 Å². The van der Waals surface area contributed by atoms with E-state index in [0.29, 0.717) is 16.7 Å². The third-order valence-corrected chi connectivity index (χ3v) is 5.66. The van der Waals surface area contributed by atoms with Gasteiger partial charge in [0.1, 0.15) is 11.5 Å². The highest BCUT2D eigenvalue weighted by atomic mass is 32.3. The minimum atomic E-state index is -3.81. The van der Waals surface area contributed by atoms with Gasteiger partial charge in [-0.2, -0.15) is 0 Å². The summed E-state index contributed by atoms with van der Waals surface area (Å²) in [6.07, 6.45) is -0.321. The number of carboxylic acids is 1. The third kappa shape index (κ3) is 2.65. The van der Waals surface area contributed by atoms with Crippen LogP contribution >= 0.6 is 10.6 Å². The lowest BCUT2D eigenvalue weighted by Crippen LogP contribution is -2.15. The van der Waals surface area contributed by atoms with Gasteiger partial charge >= 0.3 is 5.97 Å². The molecule has 0 unspecified atom stereocenters. The molecule has 0 bridgehead atoms. The molecular formula is C17H17NO5S-2. The number of carboxylic acid groups (broad SMARTS) is 1. The Labute approximate surface area is 141 Å². The maximum Gasteiger partial charge on any atom is 0.307 e. The zero-order valence-corrected chi connectivity index (χ0v) is 14.1. The zero-order chi connectivity index (χ0) is 17.6. The first-order valence-corrected chi connectivity index (χ1v) is 8.84. The van der Waals surface area contributed by atoms with E-state index in [1.54, 1.807) is 32.0 Å². The van der Waals surface area contributed by atoms with Gasteiger partial charge in [-0.15, -0.1) is 0 Å². The fourth-order valence-electron chi connectivity index (χ4n) is 2.92. The fraction of sp³-hybridized carbons (Fsp3) is 0.235. The minimum Gasteiger partial charge on any atom is -0.792 e. The largest absolute Gasteiger partial charge is 0.792 e. The van der Waals surface area contributed by atoms with Crippen LogP contribution in [0.5, 0.6) is 11.5 Å². The van der Waals surface area contributed by atoms with Crippen LogP contribution in [0.4, 0.5) is 0 Å². The SMILES string of the molecule is Cc1cc(CN)c2c(c1)S([O-])([O-])c1cc(C)cc(CC(=O)O)c1O2. The Morgan fingerprint density at radius 1 is 1.08 bits per heavy atom. The van der Waals surface area contributed by atoms with E-state index >= 15 is 0 Å². The quantitative estimate of drug-likeness (QED) is 0.881. The summed E-state index contributed by atoms with van der Waals surface area (Å²) in [4.78, 5) is 11.2. The standard InChI is InChI=1S/C17H19NO5S/c1-9-3-11(7-15(19)20)16-13(5-9)24(21,22)14-6-10(2)4-12(8-18)17(14)23-16/h3-6,21-22H,7-8,18H2,1-2H3,(H,19,20)/p-2. The summed E-state index contributed by atoms with van der Waals surface area (Å²) in [5, 5.41) is 9.10. The summed E-state index contributed by atoms with van der Waals surface area (Å²) in [7, 11) is -3.81. The molecule has 0 spiro atoms. The second kappa shape index (κ2) is 5.78. The number of rotatable bonds is 3. The Kier molecular flexibility index (Phi) is 4.05. The van der Waals surface area contributed by atoms with Gasteiger partial charge in [-0.3, -0.25) is 4.79 Å². The lowest BCUT2D eigenvalue weighted by molar-refractivity contribution is -0.136. The van der Waals surface area contributed by atoms with Crippen molar-refractivity contribution in [2.45, 2.75) is 36.6 Å². The van der Waals surface area contributed by atoms with Gasteiger partial charge in [0.2, 0.25) is 0 Å². The monoisotopic (exact) mass is 347 g/mol. The molecule has 6 nitrogen and oxygen atoms in total. The highest BCUT2D eigenvalue weighted by molar-refractivity contribution is 8.24. The number of ether oxygens (including phenoxy) is 1. The van der Waals surface area contributed by atoms with Crippen LogP contribution in [-0.2, 0) is 17.8 Å². The van der Waals surface area contributed by atoms with Crippen molar-refractivity contribution in [2.75, 3.05) is 0 Å². The Hall–Kier alpha value is -2.06. The van der Waals surface area contributed by atoms with Crippen LogP contribution in [0.3, 0.4) is 0 Å². The van der Waals surface area contributed by atoms with Gasteiger partial charge in [-0.1, -0.05) is 12.1 Å². The summed E-state index contributed by atoms with van der Waals surface area (Å²) in [5.41, 5.74) is 8.05. The lowest BCUT2D eigenvalue weighted by Gasteiger charge is -2.62. The molecule has 0 aromatic heterocycles. The van der Waals surface area contributed by atoms with Crippen molar-refractivity contribution in [1.29, 1.82) is 0 Å². The molecule has 1 aliphatic rings. The van der Waals surface area contributed by atoms with E-state index in [9.17, 15) is 13.9 Å². The van der Waals surface area contributed by atoms with Crippen molar-refractivity contribution in [1.82, 2.24) is 0 Å². The van der Waals surface area contributed by atoms with Crippen LogP contribution < -0.4 is 10.5 Å². The first-order valence-electron chi connectivity index (χ1n) is 7.36. The normalized spacial score (nSPS) is 15.9. The Morgan fingerprint density at radius 3 is 2.08 bits per heavy atom. The molecule has 2 aromatic rings. The summed E-state index contributed by atoms with van der Waals surface area (Å²) in [5.74, 6) is -0.794. The van der Waals surface area contributed by atoms with Gasteiger partial charge in [0.25, 0.3) is 0 Å². The van der Waals surface area contributed by atoms with Crippen molar-refractivity contribution in [3.05, 3.63) is 46.5 Å². The predicted octanol–water partition coefficient (Wildman–Crippen LogP) is 2.98. The topological polar surface area (TPSA) is 119 Å². The van der Waals surface area contributed by atoms with Crippen molar-refractivity contribution >= 4 is 16.6 Å². The first-order chi connectivity index (χ1) is 11.2. The van der Waals surface area contributed by atoms with Crippen LogP contribution in [0.1, 0.15) is 22.3 Å². The molecule has 3 N–H and O–H groups in total. The molecule has 2 aromatic carbocycles. The average Bonchev–Trinajstić information content (AvgIpc) is 2.48. The smallest absolute Gasteiger partial charge is 0.307 e. The molecule has 128 valence electrons. The van der Waals surface area contributed by atoms with Gasteiger partial charge < -0.3 is 35.3 Å². The Morgan fingerprint density at radius 2 is 1.58 bits per heavy atom. The van der Waals surface area contributed by atoms with Crippen LogP contribution in [0.25, 0.3) is 0 Å². The third-order valence-electron chi connectivity index (χ3n) is 3.90. The van der Waals surface area contributed by atoms with Crippen molar-refractivity contribution in [2.24, 2.45) is 5.73 Å². The summed E-state index contributed by atoms with van der Waals surface area (Å²) < 4.78 is 31.9. The molecule has 24 heavy (non-hydrogen) atoms. The van der Waals surface area contributed by atoms with Crippen LogP contribution in [0, 0.1) is 13.8 Å². The van der Waals surface area contributed by atoms with Crippen molar-refractivity contribution in [3.63, 3.8) is 0 Å². The first kappa shape index (κ1) is 16.8. The van der Waals surface area contributed by atoms with Crippen LogP contribution in [0.15, 0.2) is 34.1 Å². The van der Waals surface area contributed by atoms with Gasteiger partial charge in [-0.05, 0) is 37.1 Å². The predicted molar refractivity (Wildman–Crippen MR) is 87.3 cm³/mol. The number of aliphatic carboxylic acids is 1. The van der Waals surface area contributed by atoms with Gasteiger partial charge in [0.15, 0.2) is 0 Å². The number of sulfone groups is 1. The number of aryl methyl sites for hydroxylation is 2. The van der Waals surface area contributed by atoms with Crippen molar-refractivity contribution < 1.29 is 23.7 Å². The zero-order valence-electron chi connectivity index (χ0n) is 13.3. The molecule has 0 aliphatic carbocycles. The van der Waals surface area contributed by atoms with E-state index in [2.05, 4.69) is 0 Å². The molecule has 7 heteroatoms. The van der Waals surface area contributed by atoms with Gasteiger partial charge in [0.05, 0.1) is 6.42 Å². The van der Waals surface area contributed by atoms with E-state index < -0.39 is 16.6 Å². The number of benzene rings is 2. The highest BCUT2D eigenvalue weighted by Crippen LogP contribution is 2.66. The van der Waals surface area contributed by atoms with E-state index in [-0.39, 0.29) is 34.3 Å². The molecule has 0 radical (unpaired) electrons. The van der Waals surface area contributed by atoms with Crippen LogP contribution in [0.2, 0.25) is 0 Å². The summed E-state index contributed by atoms with van der Waals surface area (Å²) in [6, 6.07) is 6.45. The molecule has 1 aliphatic heterocycles. The molecular weight excluding hydrogens is 330 g/mol. The molecule has 0 saturated carbocycles. The number of nitrogens with two attached hydrogens (primary N) is 1. The van der Waals surface area contributed by atoms with Gasteiger partial charge in [-0.25, -0.2) is 0 Å². The maximum atomic E-state index is 13.0. The summed E-state index contributed by atoms with van der Waals surface area (Å²) >= 11 is 0. The molecule has 0 amide bonds. The molecule has 0 fully saturated rings. The molecule has 1 heterocycles. The van der Waals surface area contributed by atoms with Crippen LogP contribution in [-0.4, -0.2) is 20.2 Å². The van der Waals surface area contributed by atoms with E-state index in [4.69, 9.17) is 15.6 Å². The minimum absolute atomic E-state index is 0.000165. The Bertz CT molecular complexity index is 847.